The van der Waals surface area contributed by atoms with Crippen molar-refractivity contribution in [3.05, 3.63) is 0 Å². The molecule has 0 radical (unpaired) electrons. The standard InChI is InChI=1S/C16H28N2O4/c1-14(19)18-5-8-21-13-16(12-18)11-17(4-9-22-16)10-15-2-6-20-7-3-15/h15H,2-13H2,1H3. The summed E-state index contributed by atoms with van der Waals surface area (Å²) in [5, 5.41) is 0. The molecule has 3 rings (SSSR count). The van der Waals surface area contributed by atoms with Crippen molar-refractivity contribution < 1.29 is 19.0 Å². The molecule has 3 aliphatic heterocycles. The molecule has 3 saturated heterocycles. The lowest BCUT2D eigenvalue weighted by atomic mass is 9.96. The van der Waals surface area contributed by atoms with Crippen LogP contribution in [0.25, 0.3) is 0 Å². The molecule has 0 aromatic heterocycles. The molecule has 0 N–H and O–H groups in total. The Bertz CT molecular complexity index is 386. The Morgan fingerprint density at radius 1 is 1.09 bits per heavy atom. The minimum Gasteiger partial charge on any atom is -0.381 e. The highest BCUT2D eigenvalue weighted by Gasteiger charge is 2.41. The van der Waals surface area contributed by atoms with Gasteiger partial charge in [0, 0.05) is 46.3 Å². The number of carbonyl (C=O) groups is 1. The van der Waals surface area contributed by atoms with Crippen molar-refractivity contribution in [3.8, 4) is 0 Å². The van der Waals surface area contributed by atoms with Gasteiger partial charge in [0.1, 0.15) is 5.60 Å². The summed E-state index contributed by atoms with van der Waals surface area (Å²) in [7, 11) is 0. The molecule has 6 nitrogen and oxygen atoms in total. The Labute approximate surface area is 132 Å². The zero-order valence-electron chi connectivity index (χ0n) is 13.6. The lowest BCUT2D eigenvalue weighted by molar-refractivity contribution is -0.152. The maximum absolute atomic E-state index is 11.8. The Hall–Kier alpha value is -0.690. The molecular weight excluding hydrogens is 284 g/mol. The van der Waals surface area contributed by atoms with Gasteiger partial charge in [0.15, 0.2) is 0 Å². The first kappa shape index (κ1) is 16.2. The van der Waals surface area contributed by atoms with E-state index in [1.165, 1.54) is 0 Å². The largest absolute Gasteiger partial charge is 0.381 e. The Balaban J connectivity index is 1.61. The van der Waals surface area contributed by atoms with Crippen LogP contribution in [0.4, 0.5) is 0 Å². The second kappa shape index (κ2) is 7.25. The first-order chi connectivity index (χ1) is 10.7. The van der Waals surface area contributed by atoms with Gasteiger partial charge in [-0.3, -0.25) is 9.69 Å². The summed E-state index contributed by atoms with van der Waals surface area (Å²) in [4.78, 5) is 16.1. The smallest absolute Gasteiger partial charge is 0.219 e. The van der Waals surface area contributed by atoms with E-state index in [-0.39, 0.29) is 11.5 Å². The van der Waals surface area contributed by atoms with Crippen molar-refractivity contribution in [2.45, 2.75) is 25.4 Å². The topological polar surface area (TPSA) is 51.2 Å². The molecule has 1 atom stereocenters. The molecule has 1 unspecified atom stereocenters. The number of amides is 1. The molecule has 3 heterocycles. The van der Waals surface area contributed by atoms with Gasteiger partial charge in [-0.2, -0.15) is 0 Å². The van der Waals surface area contributed by atoms with Crippen LogP contribution in [0.1, 0.15) is 19.8 Å². The number of carbonyl (C=O) groups excluding carboxylic acids is 1. The second-order valence-electron chi connectivity index (χ2n) is 6.82. The molecule has 0 aliphatic carbocycles. The summed E-state index contributed by atoms with van der Waals surface area (Å²) in [6.07, 6.45) is 2.31. The fraction of sp³-hybridized carbons (Fsp3) is 0.938. The van der Waals surface area contributed by atoms with Crippen LogP contribution in [-0.2, 0) is 19.0 Å². The molecule has 22 heavy (non-hydrogen) atoms. The Morgan fingerprint density at radius 2 is 1.91 bits per heavy atom. The van der Waals surface area contributed by atoms with Gasteiger partial charge in [-0.1, -0.05) is 0 Å². The third kappa shape index (κ3) is 3.98. The molecule has 1 amide bonds. The van der Waals surface area contributed by atoms with Gasteiger partial charge >= 0.3 is 0 Å². The van der Waals surface area contributed by atoms with Gasteiger partial charge in [-0.05, 0) is 18.8 Å². The maximum Gasteiger partial charge on any atom is 0.219 e. The van der Waals surface area contributed by atoms with Gasteiger partial charge in [-0.25, -0.2) is 0 Å². The normalized spacial score (nSPS) is 32.1. The number of hydrogen-bond donors (Lipinski definition) is 0. The first-order valence-corrected chi connectivity index (χ1v) is 8.44. The average Bonchev–Trinajstić information content (AvgIpc) is 2.71. The van der Waals surface area contributed by atoms with Crippen molar-refractivity contribution in [1.29, 1.82) is 0 Å². The lowest BCUT2D eigenvalue weighted by Gasteiger charge is -2.44. The van der Waals surface area contributed by atoms with E-state index in [2.05, 4.69) is 4.90 Å². The predicted octanol–water partition coefficient (Wildman–Crippen LogP) is 0.363. The minimum atomic E-state index is -0.356. The van der Waals surface area contributed by atoms with Gasteiger partial charge < -0.3 is 19.1 Å². The molecular formula is C16H28N2O4. The van der Waals surface area contributed by atoms with Gasteiger partial charge in [0.25, 0.3) is 0 Å². The monoisotopic (exact) mass is 312 g/mol. The van der Waals surface area contributed by atoms with Crippen molar-refractivity contribution in [2.24, 2.45) is 5.92 Å². The summed E-state index contributed by atoms with van der Waals surface area (Å²) in [5.74, 6) is 0.828. The molecule has 1 spiro atoms. The van der Waals surface area contributed by atoms with E-state index in [0.717, 1.165) is 58.2 Å². The van der Waals surface area contributed by atoms with E-state index in [4.69, 9.17) is 14.2 Å². The highest BCUT2D eigenvalue weighted by atomic mass is 16.5. The minimum absolute atomic E-state index is 0.107. The summed E-state index contributed by atoms with van der Waals surface area (Å²) < 4.78 is 17.3. The van der Waals surface area contributed by atoms with Crippen LogP contribution in [0.5, 0.6) is 0 Å². The van der Waals surface area contributed by atoms with E-state index in [0.29, 0.717) is 26.3 Å². The highest BCUT2D eigenvalue weighted by molar-refractivity contribution is 5.73. The van der Waals surface area contributed by atoms with Crippen LogP contribution in [0.3, 0.4) is 0 Å². The molecule has 3 fully saturated rings. The zero-order valence-corrected chi connectivity index (χ0v) is 13.6. The van der Waals surface area contributed by atoms with Crippen molar-refractivity contribution in [2.75, 3.05) is 65.8 Å². The summed E-state index contributed by atoms with van der Waals surface area (Å²) >= 11 is 0. The molecule has 6 heteroatoms. The molecule has 0 saturated carbocycles. The molecule has 0 bridgehead atoms. The summed E-state index contributed by atoms with van der Waals surface area (Å²) in [6, 6.07) is 0. The van der Waals surface area contributed by atoms with Crippen LogP contribution >= 0.6 is 0 Å². The molecule has 126 valence electrons. The third-order valence-corrected chi connectivity index (χ3v) is 4.98. The van der Waals surface area contributed by atoms with Gasteiger partial charge in [-0.15, -0.1) is 0 Å². The second-order valence-corrected chi connectivity index (χ2v) is 6.82. The first-order valence-electron chi connectivity index (χ1n) is 8.44. The van der Waals surface area contributed by atoms with Gasteiger partial charge in [0.05, 0.1) is 26.4 Å². The average molecular weight is 312 g/mol. The maximum atomic E-state index is 11.8. The SMILES string of the molecule is CC(=O)N1CCOCC2(CN(CC3CCOCC3)CCO2)C1. The fourth-order valence-electron chi connectivity index (χ4n) is 3.73. The number of rotatable bonds is 2. The number of morpholine rings is 1. The van der Waals surface area contributed by atoms with Crippen LogP contribution < -0.4 is 0 Å². The number of hydrogen-bond acceptors (Lipinski definition) is 5. The van der Waals surface area contributed by atoms with E-state index < -0.39 is 0 Å². The highest BCUT2D eigenvalue weighted by Crippen LogP contribution is 2.25. The van der Waals surface area contributed by atoms with Crippen molar-refractivity contribution in [1.82, 2.24) is 9.80 Å². The van der Waals surface area contributed by atoms with Crippen LogP contribution in [-0.4, -0.2) is 87.1 Å². The number of ether oxygens (including phenoxy) is 3. The lowest BCUT2D eigenvalue weighted by Crippen LogP contribution is -2.59. The van der Waals surface area contributed by atoms with Crippen LogP contribution in [0.2, 0.25) is 0 Å². The van der Waals surface area contributed by atoms with E-state index in [1.807, 2.05) is 4.90 Å². The molecule has 3 aliphatic rings. The Morgan fingerprint density at radius 3 is 2.68 bits per heavy atom. The summed E-state index contributed by atoms with van der Waals surface area (Å²) in [6.45, 7) is 9.56. The summed E-state index contributed by atoms with van der Waals surface area (Å²) in [5.41, 5.74) is -0.356. The molecule has 0 aromatic carbocycles. The fourth-order valence-corrected chi connectivity index (χ4v) is 3.73. The van der Waals surface area contributed by atoms with Crippen LogP contribution in [0.15, 0.2) is 0 Å². The van der Waals surface area contributed by atoms with E-state index in [9.17, 15) is 4.79 Å². The molecule has 0 aromatic rings. The predicted molar refractivity (Wildman–Crippen MR) is 81.7 cm³/mol. The zero-order chi connectivity index (χ0) is 15.4. The Kier molecular flexibility index (Phi) is 5.33. The number of nitrogens with zero attached hydrogens (tertiary/aromatic N) is 2. The quantitative estimate of drug-likeness (QED) is 0.737. The van der Waals surface area contributed by atoms with Crippen LogP contribution in [0, 0.1) is 5.92 Å². The van der Waals surface area contributed by atoms with E-state index >= 15 is 0 Å². The third-order valence-electron chi connectivity index (χ3n) is 4.98. The van der Waals surface area contributed by atoms with E-state index in [1.54, 1.807) is 6.92 Å². The van der Waals surface area contributed by atoms with Crippen molar-refractivity contribution in [3.63, 3.8) is 0 Å². The van der Waals surface area contributed by atoms with Gasteiger partial charge in [0.2, 0.25) is 5.91 Å². The van der Waals surface area contributed by atoms with Crippen molar-refractivity contribution >= 4 is 5.91 Å².